The second-order valence-corrected chi connectivity index (χ2v) is 6.10. The summed E-state index contributed by atoms with van der Waals surface area (Å²) in [5.41, 5.74) is 1.33. The lowest BCUT2D eigenvalue weighted by molar-refractivity contribution is 0.0389. The van der Waals surface area contributed by atoms with Crippen LogP contribution in [0.4, 0.5) is 0 Å². The van der Waals surface area contributed by atoms with Gasteiger partial charge in [0.1, 0.15) is 11.9 Å². The van der Waals surface area contributed by atoms with E-state index in [4.69, 9.17) is 16.3 Å². The number of piperidine rings is 1. The van der Waals surface area contributed by atoms with Crippen molar-refractivity contribution in [2.45, 2.75) is 24.9 Å². The van der Waals surface area contributed by atoms with Crippen molar-refractivity contribution in [1.29, 1.82) is 0 Å². The molecule has 0 spiro atoms. The van der Waals surface area contributed by atoms with Gasteiger partial charge in [0.05, 0.1) is 5.02 Å². The van der Waals surface area contributed by atoms with Gasteiger partial charge in [0.15, 0.2) is 0 Å². The van der Waals surface area contributed by atoms with Crippen LogP contribution in [0.1, 0.15) is 24.3 Å². The van der Waals surface area contributed by atoms with Crippen LogP contribution in [0.2, 0.25) is 5.02 Å². The molecule has 104 valence electrons. The maximum absolute atomic E-state index is 6.35. The summed E-state index contributed by atoms with van der Waals surface area (Å²) in [5, 5.41) is 4.19. The van der Waals surface area contributed by atoms with Crippen LogP contribution < -0.4 is 10.1 Å². The summed E-state index contributed by atoms with van der Waals surface area (Å²) >= 11 is 6.35. The van der Waals surface area contributed by atoms with Crippen LogP contribution in [-0.2, 0) is 0 Å². The first kappa shape index (κ1) is 13.2. The van der Waals surface area contributed by atoms with E-state index in [1.807, 2.05) is 6.07 Å². The number of likely N-dealkylation sites (N-methyl/N-ethyl adjacent to an activating group) is 1. The van der Waals surface area contributed by atoms with E-state index < -0.39 is 0 Å². The fourth-order valence-corrected chi connectivity index (χ4v) is 3.13. The number of hydrogen-bond donors (Lipinski definition) is 1. The molecule has 0 aromatic heterocycles. The molecule has 1 aromatic carbocycles. The third-order valence-electron chi connectivity index (χ3n) is 4.05. The molecule has 3 rings (SSSR count). The summed E-state index contributed by atoms with van der Waals surface area (Å²) in [6.07, 6.45) is 2.79. The maximum Gasteiger partial charge on any atom is 0.138 e. The second kappa shape index (κ2) is 5.70. The molecule has 3 nitrogen and oxygen atoms in total. The Bertz CT molecular complexity index is 440. The molecule has 0 amide bonds. The monoisotopic (exact) mass is 280 g/mol. The van der Waals surface area contributed by atoms with Gasteiger partial charge in [-0.3, -0.25) is 4.90 Å². The maximum atomic E-state index is 6.35. The summed E-state index contributed by atoms with van der Waals surface area (Å²) in [5.74, 6) is 1.42. The van der Waals surface area contributed by atoms with Gasteiger partial charge in [-0.15, -0.1) is 0 Å². The van der Waals surface area contributed by atoms with Gasteiger partial charge in [-0.2, -0.15) is 0 Å². The van der Waals surface area contributed by atoms with Crippen molar-refractivity contribution in [3.8, 4) is 5.75 Å². The SMILES string of the molecule is CN1CC(Oc2ccc(C3CCCNC3)cc2Cl)C1. The standard InChI is InChI=1S/C15H21ClN2O/c1-18-9-13(10-18)19-15-5-4-11(7-14(15)16)12-3-2-6-17-8-12/h4-5,7,12-13,17H,2-3,6,8-10H2,1H3. The number of nitrogens with one attached hydrogen (secondary N) is 1. The second-order valence-electron chi connectivity index (χ2n) is 5.69. The van der Waals surface area contributed by atoms with E-state index in [2.05, 4.69) is 29.4 Å². The van der Waals surface area contributed by atoms with Gasteiger partial charge in [0.25, 0.3) is 0 Å². The molecule has 19 heavy (non-hydrogen) atoms. The molecular formula is C15H21ClN2O. The zero-order valence-electron chi connectivity index (χ0n) is 11.4. The Balaban J connectivity index is 1.66. The van der Waals surface area contributed by atoms with Crippen LogP contribution in [0.3, 0.4) is 0 Å². The third kappa shape index (κ3) is 3.04. The quantitative estimate of drug-likeness (QED) is 0.921. The Labute approximate surface area is 119 Å². The van der Waals surface area contributed by atoms with E-state index >= 15 is 0 Å². The average molecular weight is 281 g/mol. The molecule has 4 heteroatoms. The van der Waals surface area contributed by atoms with Gasteiger partial charge in [-0.05, 0) is 50.0 Å². The highest BCUT2D eigenvalue weighted by atomic mass is 35.5. The summed E-state index contributed by atoms with van der Waals surface area (Å²) in [4.78, 5) is 2.24. The average Bonchev–Trinajstić information content (AvgIpc) is 2.40. The number of halogens is 1. The fraction of sp³-hybridized carbons (Fsp3) is 0.600. The van der Waals surface area contributed by atoms with Gasteiger partial charge >= 0.3 is 0 Å². The lowest BCUT2D eigenvalue weighted by Gasteiger charge is -2.36. The molecular weight excluding hydrogens is 260 g/mol. The number of hydrogen-bond acceptors (Lipinski definition) is 3. The van der Waals surface area contributed by atoms with E-state index in [9.17, 15) is 0 Å². The largest absolute Gasteiger partial charge is 0.486 e. The van der Waals surface area contributed by atoms with Gasteiger partial charge < -0.3 is 10.1 Å². The summed E-state index contributed by atoms with van der Waals surface area (Å²) in [7, 11) is 2.10. The van der Waals surface area contributed by atoms with Crippen molar-refractivity contribution in [1.82, 2.24) is 10.2 Å². The predicted molar refractivity (Wildman–Crippen MR) is 78.2 cm³/mol. The Morgan fingerprint density at radius 2 is 2.21 bits per heavy atom. The third-order valence-corrected chi connectivity index (χ3v) is 4.34. The van der Waals surface area contributed by atoms with Crippen molar-refractivity contribution in [3.63, 3.8) is 0 Å². The van der Waals surface area contributed by atoms with Crippen molar-refractivity contribution in [2.75, 3.05) is 33.2 Å². The fourth-order valence-electron chi connectivity index (χ4n) is 2.90. The minimum Gasteiger partial charge on any atom is -0.486 e. The number of likely N-dealkylation sites (tertiary alicyclic amines) is 1. The summed E-state index contributed by atoms with van der Waals surface area (Å²) in [6.45, 7) is 4.18. The van der Waals surface area contributed by atoms with Gasteiger partial charge in [-0.1, -0.05) is 17.7 Å². The highest BCUT2D eigenvalue weighted by molar-refractivity contribution is 6.32. The molecule has 1 aromatic rings. The van der Waals surface area contributed by atoms with Gasteiger partial charge in [0, 0.05) is 19.6 Å². The van der Waals surface area contributed by atoms with E-state index in [0.717, 1.165) is 37.0 Å². The first-order valence-corrected chi connectivity index (χ1v) is 7.45. The van der Waals surface area contributed by atoms with Crippen LogP contribution in [0.15, 0.2) is 18.2 Å². The number of rotatable bonds is 3. The molecule has 2 heterocycles. The molecule has 2 fully saturated rings. The molecule has 0 bridgehead atoms. The Kier molecular flexibility index (Phi) is 3.96. The summed E-state index contributed by atoms with van der Waals surface area (Å²) < 4.78 is 5.90. The number of ether oxygens (including phenoxy) is 1. The van der Waals surface area contributed by atoms with Crippen molar-refractivity contribution in [3.05, 3.63) is 28.8 Å². The lowest BCUT2D eigenvalue weighted by atomic mass is 9.92. The van der Waals surface area contributed by atoms with Crippen molar-refractivity contribution >= 4 is 11.6 Å². The topological polar surface area (TPSA) is 24.5 Å². The van der Waals surface area contributed by atoms with E-state index in [1.54, 1.807) is 0 Å². The lowest BCUT2D eigenvalue weighted by Crippen LogP contribution is -2.51. The smallest absolute Gasteiger partial charge is 0.138 e. The Morgan fingerprint density at radius 1 is 1.37 bits per heavy atom. The van der Waals surface area contributed by atoms with Crippen molar-refractivity contribution in [2.24, 2.45) is 0 Å². The highest BCUT2D eigenvalue weighted by Crippen LogP contribution is 2.32. The summed E-state index contributed by atoms with van der Waals surface area (Å²) in [6, 6.07) is 6.28. The number of nitrogens with zero attached hydrogens (tertiary/aromatic N) is 1. The molecule has 2 aliphatic heterocycles. The molecule has 0 aliphatic carbocycles. The molecule has 0 saturated carbocycles. The molecule has 1 unspecified atom stereocenters. The minimum atomic E-state index is 0.296. The predicted octanol–water partition coefficient (Wildman–Crippen LogP) is 2.50. The van der Waals surface area contributed by atoms with E-state index in [-0.39, 0.29) is 0 Å². The van der Waals surface area contributed by atoms with Crippen LogP contribution in [-0.4, -0.2) is 44.2 Å². The molecule has 1 atom stereocenters. The first-order chi connectivity index (χ1) is 9.22. The zero-order valence-corrected chi connectivity index (χ0v) is 12.1. The Hall–Kier alpha value is -0.770. The molecule has 2 saturated heterocycles. The Morgan fingerprint density at radius 3 is 2.84 bits per heavy atom. The zero-order chi connectivity index (χ0) is 13.2. The molecule has 1 N–H and O–H groups in total. The molecule has 2 aliphatic rings. The first-order valence-electron chi connectivity index (χ1n) is 7.08. The van der Waals surface area contributed by atoms with Crippen LogP contribution in [0.5, 0.6) is 5.75 Å². The van der Waals surface area contributed by atoms with Crippen LogP contribution in [0.25, 0.3) is 0 Å². The van der Waals surface area contributed by atoms with Gasteiger partial charge in [0.2, 0.25) is 0 Å². The van der Waals surface area contributed by atoms with Crippen LogP contribution >= 0.6 is 11.6 Å². The van der Waals surface area contributed by atoms with Crippen LogP contribution in [0, 0.1) is 0 Å². The normalized spacial score (nSPS) is 25.1. The van der Waals surface area contributed by atoms with Crippen molar-refractivity contribution < 1.29 is 4.74 Å². The molecule has 0 radical (unpaired) electrons. The number of benzene rings is 1. The minimum absolute atomic E-state index is 0.296. The van der Waals surface area contributed by atoms with E-state index in [1.165, 1.54) is 18.4 Å². The van der Waals surface area contributed by atoms with E-state index in [0.29, 0.717) is 12.0 Å². The van der Waals surface area contributed by atoms with Gasteiger partial charge in [-0.25, -0.2) is 0 Å². The highest BCUT2D eigenvalue weighted by Gasteiger charge is 2.25.